The number of allylic oxidation sites excluding steroid dienone is 1. The summed E-state index contributed by atoms with van der Waals surface area (Å²) in [7, 11) is -3.14. The lowest BCUT2D eigenvalue weighted by Crippen LogP contribution is -2.66. The number of phenols is 1. The molecule has 0 bridgehead atoms. The number of non-ortho nitro benzene ring substituents is 1. The Labute approximate surface area is 351 Å². The number of hydrogen-bond acceptors (Lipinski definition) is 8. The van der Waals surface area contributed by atoms with E-state index in [1.165, 1.54) is 24.3 Å². The molecule has 0 spiro atoms. The second kappa shape index (κ2) is 17.7. The van der Waals surface area contributed by atoms with E-state index in [4.69, 9.17) is 4.43 Å². The van der Waals surface area contributed by atoms with Gasteiger partial charge in [0.05, 0.1) is 41.8 Å². The van der Waals surface area contributed by atoms with Crippen molar-refractivity contribution in [2.75, 3.05) is 18.1 Å². The van der Waals surface area contributed by atoms with Gasteiger partial charge in [0, 0.05) is 18.1 Å². The minimum atomic E-state index is -3.14. The molecule has 1 aliphatic heterocycles. The quantitative estimate of drug-likeness (QED) is 0.0258. The number of nitrogens with zero attached hydrogens (tertiary/aromatic N) is 2. The van der Waals surface area contributed by atoms with Crippen molar-refractivity contribution in [3.8, 4) is 5.75 Å². The van der Waals surface area contributed by atoms with Gasteiger partial charge in [-0.2, -0.15) is 0 Å². The van der Waals surface area contributed by atoms with Gasteiger partial charge in [-0.05, 0) is 80.7 Å². The molecule has 5 aromatic carbocycles. The van der Waals surface area contributed by atoms with E-state index < -0.39 is 55.5 Å². The summed E-state index contributed by atoms with van der Waals surface area (Å²) in [4.78, 5) is 41.0. The number of nitro groups is 1. The maximum Gasteiger partial charge on any atom is 0.271 e. The van der Waals surface area contributed by atoms with Gasteiger partial charge in [-0.1, -0.05) is 136 Å². The lowest BCUT2D eigenvalue weighted by atomic mass is 9.68. The zero-order valence-corrected chi connectivity index (χ0v) is 35.0. The van der Waals surface area contributed by atoms with Crippen LogP contribution in [0.3, 0.4) is 0 Å². The van der Waals surface area contributed by atoms with Crippen LogP contribution < -0.4 is 15.3 Å². The highest BCUT2D eigenvalue weighted by atomic mass is 28.4. The van der Waals surface area contributed by atoms with Gasteiger partial charge < -0.3 is 19.7 Å². The van der Waals surface area contributed by atoms with Crippen molar-refractivity contribution in [1.29, 1.82) is 0 Å². The summed E-state index contributed by atoms with van der Waals surface area (Å²) >= 11 is 0. The van der Waals surface area contributed by atoms with Crippen molar-refractivity contribution in [3.63, 3.8) is 0 Å². The number of carbonyl (C=O) groups excluding carboxylic acids is 2. The van der Waals surface area contributed by atoms with Gasteiger partial charge in [0.2, 0.25) is 11.8 Å². The fraction of sp³-hybridized carbons (Fsp3) is 0.265. The number of aliphatic hydroxyl groups excluding tert-OH is 2. The Morgan fingerprint density at radius 2 is 1.48 bits per heavy atom. The first-order valence-electron chi connectivity index (χ1n) is 20.3. The third kappa shape index (κ3) is 8.26. The third-order valence-electron chi connectivity index (χ3n) is 12.0. The van der Waals surface area contributed by atoms with E-state index in [1.54, 1.807) is 18.2 Å². The van der Waals surface area contributed by atoms with Crippen LogP contribution in [0, 0.1) is 27.9 Å². The Kier molecular flexibility index (Phi) is 12.4. The molecule has 308 valence electrons. The molecule has 0 aromatic heterocycles. The molecule has 4 atom stereocenters. The van der Waals surface area contributed by atoms with Crippen LogP contribution in [-0.4, -0.2) is 59.7 Å². The fourth-order valence-electron chi connectivity index (χ4n) is 9.26. The molecule has 1 heterocycles. The first-order valence-corrected chi connectivity index (χ1v) is 22.2. The molecule has 2 aliphatic rings. The number of nitro benzene ring substituents is 1. The largest absolute Gasteiger partial charge is 0.508 e. The van der Waals surface area contributed by atoms with Crippen molar-refractivity contribution in [2.24, 2.45) is 17.8 Å². The second-order valence-corrected chi connectivity index (χ2v) is 20.9. The zero-order chi connectivity index (χ0) is 42.6. The number of benzene rings is 5. The van der Waals surface area contributed by atoms with Gasteiger partial charge in [0.25, 0.3) is 14.0 Å². The highest BCUT2D eigenvalue weighted by molar-refractivity contribution is 6.99. The number of aromatic hydroxyl groups is 1. The van der Waals surface area contributed by atoms with Crippen molar-refractivity contribution >= 4 is 53.5 Å². The number of anilines is 1. The Morgan fingerprint density at radius 1 is 0.867 bits per heavy atom. The molecule has 10 nitrogen and oxygen atoms in total. The molecule has 3 N–H and O–H groups in total. The van der Waals surface area contributed by atoms with E-state index >= 15 is 0 Å². The number of fused-ring (bicyclic) bond motifs is 1. The van der Waals surface area contributed by atoms with Crippen LogP contribution in [0.4, 0.5) is 11.4 Å². The summed E-state index contributed by atoms with van der Waals surface area (Å²) in [5.41, 5.74) is 3.57. The van der Waals surface area contributed by atoms with Gasteiger partial charge in [0.15, 0.2) is 0 Å². The molecular weight excluding hydrogens is 773 g/mol. The van der Waals surface area contributed by atoms with Crippen LogP contribution in [-0.2, 0) is 14.0 Å². The van der Waals surface area contributed by atoms with Crippen LogP contribution in [0.15, 0.2) is 151 Å². The standard InChI is InChI=1S/C49H50N2O8Si/c1-49(2,3)60(40-21-9-5-10-22-40,41-23-11-6-12-24-41)59-32-36-29-42-46(48(56)50(47(42)55)37-18-14-19-38(30-37)51(57)58)43(31-52)45(36)44(54)26-25-35(34-16-7-4-8-17-34)27-33-15-13-20-39(53)28-33/h4-24,27-28,30,42-44,46,52-54H,25-26,29,31-32H2,1-3H3/b35-27-/t42-,43+,44-,46-/m1/s1. The third-order valence-corrected chi connectivity index (χ3v) is 16.9. The predicted octanol–water partition coefficient (Wildman–Crippen LogP) is 7.67. The smallest absolute Gasteiger partial charge is 0.271 e. The first-order chi connectivity index (χ1) is 28.8. The number of aliphatic hydroxyl groups is 2. The van der Waals surface area contributed by atoms with Gasteiger partial charge in [0.1, 0.15) is 5.75 Å². The lowest BCUT2D eigenvalue weighted by Gasteiger charge is -2.44. The molecule has 1 fully saturated rings. The zero-order valence-electron chi connectivity index (χ0n) is 34.0. The van der Waals surface area contributed by atoms with Gasteiger partial charge in [-0.25, -0.2) is 4.90 Å². The molecule has 1 aliphatic carbocycles. The van der Waals surface area contributed by atoms with Crippen LogP contribution in [0.25, 0.3) is 11.6 Å². The van der Waals surface area contributed by atoms with E-state index in [9.17, 15) is 35.0 Å². The molecule has 5 aromatic rings. The van der Waals surface area contributed by atoms with E-state index in [1.807, 2.05) is 78.9 Å². The van der Waals surface area contributed by atoms with Crippen LogP contribution in [0.1, 0.15) is 51.2 Å². The second-order valence-electron chi connectivity index (χ2n) is 16.6. The fourth-order valence-corrected chi connectivity index (χ4v) is 13.8. The molecule has 60 heavy (non-hydrogen) atoms. The van der Waals surface area contributed by atoms with Crippen LogP contribution in [0.5, 0.6) is 5.75 Å². The molecule has 2 amide bonds. The van der Waals surface area contributed by atoms with Gasteiger partial charge in [-0.15, -0.1) is 0 Å². The minimum Gasteiger partial charge on any atom is -0.508 e. The SMILES string of the molecule is CC(C)(C)[Si](OCC1=C([C@H](O)CC/C(=C/c2cccc(O)c2)c2ccccc2)[C@H](CO)[C@@H]2C(=O)N(c3cccc([N+](=O)[O-])c3)C(=O)[C@@H]2C1)(c1ccccc1)c1ccccc1. The number of phenolic OH excluding ortho intramolecular Hbond substituents is 1. The number of hydrogen-bond donors (Lipinski definition) is 3. The summed E-state index contributed by atoms with van der Waals surface area (Å²) < 4.78 is 7.40. The summed E-state index contributed by atoms with van der Waals surface area (Å²) in [6, 6.07) is 42.4. The van der Waals surface area contributed by atoms with E-state index in [2.05, 4.69) is 45.0 Å². The number of carbonyl (C=O) groups is 2. The molecular formula is C49H50N2O8Si. The topological polar surface area (TPSA) is 150 Å². The van der Waals surface area contributed by atoms with E-state index in [0.29, 0.717) is 17.6 Å². The van der Waals surface area contributed by atoms with E-state index in [-0.39, 0.29) is 41.6 Å². The minimum absolute atomic E-state index is 0.0301. The molecule has 1 saturated heterocycles. The molecule has 11 heteroatoms. The van der Waals surface area contributed by atoms with Gasteiger partial charge in [-0.3, -0.25) is 19.7 Å². The molecule has 0 radical (unpaired) electrons. The van der Waals surface area contributed by atoms with Crippen molar-refractivity contribution in [2.45, 2.75) is 51.2 Å². The summed E-state index contributed by atoms with van der Waals surface area (Å²) in [5.74, 6) is -3.81. The average molecular weight is 823 g/mol. The lowest BCUT2D eigenvalue weighted by molar-refractivity contribution is -0.384. The van der Waals surface area contributed by atoms with E-state index in [0.717, 1.165) is 32.0 Å². The Hall–Kier alpha value is -5.98. The number of rotatable bonds is 14. The normalized spacial score (nSPS) is 19.1. The Morgan fingerprint density at radius 3 is 2.07 bits per heavy atom. The summed E-state index contributed by atoms with van der Waals surface area (Å²) in [6.45, 7) is 6.00. The first kappa shape index (κ1) is 42.2. The molecule has 7 rings (SSSR count). The average Bonchev–Trinajstić information content (AvgIpc) is 3.50. The maximum absolute atomic E-state index is 14.4. The Balaban J connectivity index is 1.32. The highest BCUT2D eigenvalue weighted by Crippen LogP contribution is 2.48. The summed E-state index contributed by atoms with van der Waals surface area (Å²) in [6.07, 6.45) is 1.52. The van der Waals surface area contributed by atoms with Crippen molar-refractivity contribution in [3.05, 3.63) is 172 Å². The molecule has 0 saturated carbocycles. The summed E-state index contributed by atoms with van der Waals surface area (Å²) in [5, 5.41) is 47.4. The maximum atomic E-state index is 14.4. The number of imide groups is 1. The monoisotopic (exact) mass is 822 g/mol. The van der Waals surface area contributed by atoms with Crippen molar-refractivity contribution < 1.29 is 34.3 Å². The van der Waals surface area contributed by atoms with Crippen molar-refractivity contribution in [1.82, 2.24) is 0 Å². The van der Waals surface area contributed by atoms with Gasteiger partial charge >= 0.3 is 0 Å². The van der Waals surface area contributed by atoms with Crippen LogP contribution in [0.2, 0.25) is 5.04 Å². The Bertz CT molecular complexity index is 2370. The number of amides is 2. The molecule has 0 unspecified atom stereocenters. The predicted molar refractivity (Wildman–Crippen MR) is 236 cm³/mol. The highest BCUT2D eigenvalue weighted by Gasteiger charge is 2.56. The van der Waals surface area contributed by atoms with Crippen LogP contribution >= 0.6 is 0 Å².